The molecule has 1 aliphatic rings. The standard InChI is InChI=1S/C24H21FO5S2/c25-24(16-15-18-9-7-8-14-21(18)23(24)26)17-22(31(27,28)19-10-3-1-4-11-19)32(29,30)20-12-5-2-6-13-20/h1-14,22H,15-17H2/t24-/m0/s1. The molecule has 4 rings (SSSR count). The third-order valence-corrected chi connectivity index (χ3v) is 10.9. The van der Waals surface area contributed by atoms with Gasteiger partial charge in [-0.1, -0.05) is 60.7 Å². The minimum Gasteiger partial charge on any atom is -0.291 e. The highest BCUT2D eigenvalue weighted by Gasteiger charge is 2.51. The van der Waals surface area contributed by atoms with Crippen LogP contribution in [0.3, 0.4) is 0 Å². The first-order chi connectivity index (χ1) is 15.2. The summed E-state index contributed by atoms with van der Waals surface area (Å²) in [7, 11) is -9.05. The van der Waals surface area contributed by atoms with Crippen molar-refractivity contribution in [1.82, 2.24) is 0 Å². The minimum atomic E-state index is -4.53. The van der Waals surface area contributed by atoms with Gasteiger partial charge in [-0.3, -0.25) is 4.79 Å². The molecule has 3 aromatic carbocycles. The molecule has 0 spiro atoms. The molecule has 0 N–H and O–H groups in total. The van der Waals surface area contributed by atoms with Crippen molar-refractivity contribution in [1.29, 1.82) is 0 Å². The summed E-state index contributed by atoms with van der Waals surface area (Å²) in [5, 5.41) is 0. The second-order valence-corrected chi connectivity index (χ2v) is 12.4. The number of ketones is 1. The maximum atomic E-state index is 16.1. The Hall–Kier alpha value is -2.84. The number of alkyl halides is 1. The van der Waals surface area contributed by atoms with Crippen molar-refractivity contribution >= 4 is 25.5 Å². The van der Waals surface area contributed by atoms with Gasteiger partial charge in [0, 0.05) is 12.0 Å². The van der Waals surface area contributed by atoms with Crippen LogP contribution in [0.15, 0.2) is 94.7 Å². The van der Waals surface area contributed by atoms with Gasteiger partial charge >= 0.3 is 0 Å². The molecule has 0 aromatic heterocycles. The van der Waals surface area contributed by atoms with Crippen LogP contribution in [0.2, 0.25) is 0 Å². The Balaban J connectivity index is 1.83. The molecule has 8 heteroatoms. The first kappa shape index (κ1) is 22.4. The van der Waals surface area contributed by atoms with Gasteiger partial charge < -0.3 is 0 Å². The number of carbonyl (C=O) groups excluding carboxylic acids is 1. The number of hydrogen-bond donors (Lipinski definition) is 0. The molecule has 0 aliphatic heterocycles. The van der Waals surface area contributed by atoms with Crippen LogP contribution in [0, 0.1) is 0 Å². The molecular formula is C24H21FO5S2. The molecule has 0 saturated carbocycles. The van der Waals surface area contributed by atoms with Crippen LogP contribution in [0.1, 0.15) is 28.8 Å². The SMILES string of the molecule is O=C1c2ccccc2CC[C@]1(F)CC(S(=O)(=O)c1ccccc1)S(=O)(=O)c1ccccc1. The summed E-state index contributed by atoms with van der Waals surface area (Å²) < 4.78 is 67.8. The average Bonchev–Trinajstić information content (AvgIpc) is 2.81. The van der Waals surface area contributed by atoms with E-state index >= 15 is 4.39 Å². The molecule has 32 heavy (non-hydrogen) atoms. The Bertz CT molecular complexity index is 1280. The molecule has 1 atom stereocenters. The van der Waals surface area contributed by atoms with Crippen LogP contribution in [-0.2, 0) is 26.1 Å². The highest BCUT2D eigenvalue weighted by Crippen LogP contribution is 2.40. The molecule has 3 aromatic rings. The van der Waals surface area contributed by atoms with E-state index < -0.39 is 42.1 Å². The fourth-order valence-corrected chi connectivity index (χ4v) is 8.66. The molecule has 0 bridgehead atoms. The van der Waals surface area contributed by atoms with Crippen molar-refractivity contribution in [3.63, 3.8) is 0 Å². The maximum Gasteiger partial charge on any atom is 0.200 e. The van der Waals surface area contributed by atoms with Crippen molar-refractivity contribution in [2.24, 2.45) is 0 Å². The van der Waals surface area contributed by atoms with Crippen LogP contribution < -0.4 is 0 Å². The van der Waals surface area contributed by atoms with Gasteiger partial charge in [0.1, 0.15) is 0 Å². The van der Waals surface area contributed by atoms with E-state index in [0.29, 0.717) is 5.56 Å². The second kappa shape index (κ2) is 8.26. The molecule has 0 unspecified atom stereocenters. The number of aryl methyl sites for hydroxylation is 1. The summed E-state index contributed by atoms with van der Waals surface area (Å²) in [6.45, 7) is 0. The minimum absolute atomic E-state index is 0.161. The zero-order valence-corrected chi connectivity index (χ0v) is 18.7. The van der Waals surface area contributed by atoms with E-state index in [2.05, 4.69) is 0 Å². The van der Waals surface area contributed by atoms with Crippen molar-refractivity contribution in [2.45, 2.75) is 39.3 Å². The van der Waals surface area contributed by atoms with E-state index in [0.717, 1.165) is 0 Å². The van der Waals surface area contributed by atoms with Crippen molar-refractivity contribution in [3.05, 3.63) is 96.1 Å². The Morgan fingerprint density at radius 2 is 1.22 bits per heavy atom. The van der Waals surface area contributed by atoms with Gasteiger partial charge in [0.15, 0.2) is 35.7 Å². The zero-order chi connectivity index (χ0) is 23.0. The summed E-state index contributed by atoms with van der Waals surface area (Å²) in [5.74, 6) is -0.879. The normalized spacial score (nSPS) is 19.0. The summed E-state index contributed by atoms with van der Waals surface area (Å²) in [5.41, 5.74) is -1.80. The molecule has 0 saturated heterocycles. The second-order valence-electron chi connectivity index (χ2n) is 7.80. The molecular weight excluding hydrogens is 451 g/mol. The third-order valence-electron chi connectivity index (χ3n) is 5.79. The summed E-state index contributed by atoms with van der Waals surface area (Å²) in [4.78, 5) is 12.6. The molecule has 5 nitrogen and oxygen atoms in total. The van der Waals surface area contributed by atoms with Gasteiger partial charge in [0.25, 0.3) is 0 Å². The van der Waals surface area contributed by atoms with Gasteiger partial charge in [0.2, 0.25) is 0 Å². The summed E-state index contributed by atoms with van der Waals surface area (Å²) in [6.07, 6.45) is -1.05. The van der Waals surface area contributed by atoms with E-state index in [1.807, 2.05) is 0 Å². The van der Waals surface area contributed by atoms with Crippen LogP contribution in [0.5, 0.6) is 0 Å². The summed E-state index contributed by atoms with van der Waals surface area (Å²) >= 11 is 0. The van der Waals surface area contributed by atoms with Gasteiger partial charge in [-0.05, 0) is 42.7 Å². The highest BCUT2D eigenvalue weighted by atomic mass is 32.3. The lowest BCUT2D eigenvalue weighted by atomic mass is 9.79. The molecule has 0 heterocycles. The number of Topliss-reactive ketones (excluding diaryl/α,β-unsaturated/α-hetero) is 1. The van der Waals surface area contributed by atoms with Crippen LogP contribution in [0.25, 0.3) is 0 Å². The first-order valence-corrected chi connectivity index (χ1v) is 13.1. The number of carbonyl (C=O) groups is 1. The molecule has 0 amide bonds. The van der Waals surface area contributed by atoms with Gasteiger partial charge in [0.05, 0.1) is 9.79 Å². The number of fused-ring (bicyclic) bond motifs is 1. The van der Waals surface area contributed by atoms with E-state index in [4.69, 9.17) is 0 Å². The predicted octanol–water partition coefficient (Wildman–Crippen LogP) is 4.19. The summed E-state index contributed by atoms with van der Waals surface area (Å²) in [6, 6.07) is 20.7. The largest absolute Gasteiger partial charge is 0.291 e. The number of sulfone groups is 2. The zero-order valence-electron chi connectivity index (χ0n) is 17.0. The van der Waals surface area contributed by atoms with E-state index in [1.54, 1.807) is 30.3 Å². The molecule has 166 valence electrons. The smallest absolute Gasteiger partial charge is 0.200 e. The molecule has 0 radical (unpaired) electrons. The third kappa shape index (κ3) is 3.89. The Morgan fingerprint density at radius 3 is 1.75 bits per heavy atom. The fraction of sp³-hybridized carbons (Fsp3) is 0.208. The van der Waals surface area contributed by atoms with Crippen LogP contribution >= 0.6 is 0 Å². The first-order valence-electron chi connectivity index (χ1n) is 10.1. The molecule has 0 fully saturated rings. The van der Waals surface area contributed by atoms with Crippen LogP contribution in [0.4, 0.5) is 4.39 Å². The van der Waals surface area contributed by atoms with E-state index in [9.17, 15) is 21.6 Å². The van der Waals surface area contributed by atoms with Crippen LogP contribution in [-0.4, -0.2) is 32.9 Å². The number of halogens is 1. The predicted molar refractivity (Wildman–Crippen MR) is 119 cm³/mol. The maximum absolute atomic E-state index is 16.1. The Labute approximate surface area is 186 Å². The van der Waals surface area contributed by atoms with Gasteiger partial charge in [-0.15, -0.1) is 0 Å². The Morgan fingerprint density at radius 1 is 0.750 bits per heavy atom. The lowest BCUT2D eigenvalue weighted by Gasteiger charge is -2.32. The monoisotopic (exact) mass is 472 g/mol. The van der Waals surface area contributed by atoms with Crippen molar-refractivity contribution in [2.75, 3.05) is 0 Å². The fourth-order valence-electron chi connectivity index (χ4n) is 4.02. The van der Waals surface area contributed by atoms with Crippen molar-refractivity contribution < 1.29 is 26.0 Å². The lowest BCUT2D eigenvalue weighted by Crippen LogP contribution is -2.45. The number of hydrogen-bond acceptors (Lipinski definition) is 5. The van der Waals surface area contributed by atoms with Gasteiger partial charge in [-0.25, -0.2) is 21.2 Å². The quantitative estimate of drug-likeness (QED) is 0.537. The van der Waals surface area contributed by atoms with E-state index in [-0.39, 0.29) is 28.2 Å². The topological polar surface area (TPSA) is 85.3 Å². The number of rotatable bonds is 6. The number of benzene rings is 3. The molecule has 1 aliphatic carbocycles. The highest BCUT2D eigenvalue weighted by molar-refractivity contribution is 8.09. The lowest BCUT2D eigenvalue weighted by molar-refractivity contribution is 0.0621. The van der Waals surface area contributed by atoms with Gasteiger partial charge in [-0.2, -0.15) is 0 Å². The average molecular weight is 473 g/mol. The Kier molecular flexibility index (Phi) is 5.77. The van der Waals surface area contributed by atoms with Crippen molar-refractivity contribution in [3.8, 4) is 0 Å². The van der Waals surface area contributed by atoms with E-state index in [1.165, 1.54) is 54.6 Å².